The van der Waals surface area contributed by atoms with E-state index in [0.29, 0.717) is 5.75 Å². The number of ether oxygens (including phenoxy) is 1. The normalized spacial score (nSPS) is 15.2. The van der Waals surface area contributed by atoms with Crippen LogP contribution in [0.3, 0.4) is 0 Å². The van der Waals surface area contributed by atoms with Crippen molar-refractivity contribution in [2.75, 3.05) is 0 Å². The zero-order chi connectivity index (χ0) is 16.5. The summed E-state index contributed by atoms with van der Waals surface area (Å²) in [4.78, 5) is 0. The van der Waals surface area contributed by atoms with Gasteiger partial charge in [-0.2, -0.15) is 5.10 Å². The molecule has 2 aromatic carbocycles. The Kier molecular flexibility index (Phi) is 3.97. The monoisotopic (exact) mass is 324 g/mol. The fraction of sp³-hybridized carbons (Fsp3) is 0.350. The summed E-state index contributed by atoms with van der Waals surface area (Å²) in [6.07, 6.45) is 6.34. The van der Waals surface area contributed by atoms with Gasteiger partial charge >= 0.3 is 0 Å². The molecule has 24 heavy (non-hydrogen) atoms. The summed E-state index contributed by atoms with van der Waals surface area (Å²) in [6.45, 7) is 2.90. The van der Waals surface area contributed by atoms with Crippen LogP contribution in [0.2, 0.25) is 0 Å². The van der Waals surface area contributed by atoms with E-state index in [4.69, 9.17) is 4.74 Å². The minimum Gasteiger partial charge on any atom is -0.487 e. The number of hydrogen-bond acceptors (Lipinski definition) is 2. The van der Waals surface area contributed by atoms with E-state index in [1.807, 2.05) is 29.1 Å². The lowest BCUT2D eigenvalue weighted by Crippen LogP contribution is -2.12. The molecule has 4 heteroatoms. The molecule has 0 N–H and O–H groups in total. The number of benzene rings is 2. The smallest absolute Gasteiger partial charge is 0.165 e. The molecule has 1 aliphatic rings. The van der Waals surface area contributed by atoms with E-state index in [1.165, 1.54) is 6.07 Å². The zero-order valence-corrected chi connectivity index (χ0v) is 13.8. The zero-order valence-electron chi connectivity index (χ0n) is 13.8. The highest BCUT2D eigenvalue weighted by molar-refractivity contribution is 5.86. The van der Waals surface area contributed by atoms with E-state index >= 15 is 0 Å². The molecule has 124 valence electrons. The first-order valence-corrected chi connectivity index (χ1v) is 8.67. The lowest BCUT2D eigenvalue weighted by Gasteiger charge is -2.17. The maximum atomic E-state index is 14.4. The Morgan fingerprint density at radius 2 is 2.04 bits per heavy atom. The average Bonchev–Trinajstić information content (AvgIpc) is 3.25. The van der Waals surface area contributed by atoms with Gasteiger partial charge in [-0.1, -0.05) is 18.2 Å². The van der Waals surface area contributed by atoms with Gasteiger partial charge in [0.15, 0.2) is 11.6 Å². The first-order chi connectivity index (χ1) is 11.8. The van der Waals surface area contributed by atoms with Crippen LogP contribution in [0.4, 0.5) is 4.39 Å². The highest BCUT2D eigenvalue weighted by Crippen LogP contribution is 2.36. The summed E-state index contributed by atoms with van der Waals surface area (Å²) in [6, 6.07) is 11.3. The number of hydrogen-bond donors (Lipinski definition) is 0. The second-order valence-corrected chi connectivity index (χ2v) is 6.37. The van der Waals surface area contributed by atoms with Crippen molar-refractivity contribution in [3.63, 3.8) is 0 Å². The molecular formula is C20H21FN2O. The van der Waals surface area contributed by atoms with Gasteiger partial charge in [-0.3, -0.25) is 4.68 Å². The Bertz CT molecular complexity index is 865. The van der Waals surface area contributed by atoms with Crippen molar-refractivity contribution in [3.05, 3.63) is 48.4 Å². The summed E-state index contributed by atoms with van der Waals surface area (Å²) in [7, 11) is 0. The van der Waals surface area contributed by atoms with Crippen molar-refractivity contribution >= 4 is 10.9 Å². The third-order valence-corrected chi connectivity index (χ3v) is 4.81. The van der Waals surface area contributed by atoms with Crippen LogP contribution in [-0.2, 0) is 6.54 Å². The Labute approximate surface area is 141 Å². The largest absolute Gasteiger partial charge is 0.487 e. The second kappa shape index (κ2) is 6.27. The Morgan fingerprint density at radius 3 is 2.83 bits per heavy atom. The molecule has 0 aliphatic heterocycles. The number of nitrogens with zero attached hydrogens (tertiary/aromatic N) is 2. The van der Waals surface area contributed by atoms with E-state index in [2.05, 4.69) is 18.1 Å². The third-order valence-electron chi connectivity index (χ3n) is 4.81. The molecule has 1 aliphatic carbocycles. The highest BCUT2D eigenvalue weighted by Gasteiger charge is 2.21. The summed E-state index contributed by atoms with van der Waals surface area (Å²) < 4.78 is 22.4. The van der Waals surface area contributed by atoms with Gasteiger partial charge in [0, 0.05) is 17.5 Å². The standard InChI is InChI=1S/C20H21FN2O/c1-2-23-19-11-10-14(12-15(19)13-22-23)17-8-5-9-18(21)20(17)24-16-6-3-4-7-16/h5,8-13,16H,2-4,6-7H2,1H3. The molecule has 0 saturated heterocycles. The van der Waals surface area contributed by atoms with Crippen molar-refractivity contribution in [3.8, 4) is 16.9 Å². The van der Waals surface area contributed by atoms with Crippen LogP contribution in [0, 0.1) is 5.82 Å². The molecule has 0 atom stereocenters. The first-order valence-electron chi connectivity index (χ1n) is 8.67. The summed E-state index contributed by atoms with van der Waals surface area (Å²) in [5.41, 5.74) is 2.87. The maximum Gasteiger partial charge on any atom is 0.165 e. The van der Waals surface area contributed by atoms with Crippen molar-refractivity contribution < 1.29 is 9.13 Å². The molecule has 1 heterocycles. The molecule has 1 fully saturated rings. The lowest BCUT2D eigenvalue weighted by atomic mass is 10.0. The molecule has 1 aromatic heterocycles. The number of halogens is 1. The lowest BCUT2D eigenvalue weighted by molar-refractivity contribution is 0.202. The van der Waals surface area contributed by atoms with E-state index in [1.54, 1.807) is 6.07 Å². The van der Waals surface area contributed by atoms with Crippen LogP contribution in [0.5, 0.6) is 5.75 Å². The van der Waals surface area contributed by atoms with E-state index in [9.17, 15) is 4.39 Å². The predicted octanol–water partition coefficient (Wildman–Crippen LogP) is 5.18. The minimum atomic E-state index is -0.288. The van der Waals surface area contributed by atoms with Gasteiger partial charge in [-0.15, -0.1) is 0 Å². The third kappa shape index (κ3) is 2.66. The topological polar surface area (TPSA) is 27.1 Å². The fourth-order valence-corrected chi connectivity index (χ4v) is 3.54. The molecule has 3 aromatic rings. The molecule has 4 rings (SSSR count). The fourth-order valence-electron chi connectivity index (χ4n) is 3.54. The van der Waals surface area contributed by atoms with Crippen molar-refractivity contribution in [2.24, 2.45) is 0 Å². The number of aromatic nitrogens is 2. The average molecular weight is 324 g/mol. The summed E-state index contributed by atoms with van der Waals surface area (Å²) in [5, 5.41) is 5.44. The molecular weight excluding hydrogens is 303 g/mol. The second-order valence-electron chi connectivity index (χ2n) is 6.37. The van der Waals surface area contributed by atoms with Gasteiger partial charge in [-0.25, -0.2) is 4.39 Å². The Balaban J connectivity index is 1.76. The number of fused-ring (bicyclic) bond motifs is 1. The number of para-hydroxylation sites is 1. The number of rotatable bonds is 4. The Morgan fingerprint density at radius 1 is 1.21 bits per heavy atom. The van der Waals surface area contributed by atoms with Crippen LogP contribution >= 0.6 is 0 Å². The van der Waals surface area contributed by atoms with Crippen LogP contribution in [-0.4, -0.2) is 15.9 Å². The molecule has 0 unspecified atom stereocenters. The summed E-state index contributed by atoms with van der Waals surface area (Å²) >= 11 is 0. The van der Waals surface area contributed by atoms with Gasteiger partial charge < -0.3 is 4.74 Å². The summed E-state index contributed by atoms with van der Waals surface area (Å²) in [5.74, 6) is 0.0929. The van der Waals surface area contributed by atoms with Gasteiger partial charge in [0.2, 0.25) is 0 Å². The first kappa shape index (κ1) is 15.2. The Hall–Kier alpha value is -2.36. The molecule has 0 bridgehead atoms. The van der Waals surface area contributed by atoms with Crippen molar-refractivity contribution in [2.45, 2.75) is 45.3 Å². The van der Waals surface area contributed by atoms with Gasteiger partial charge in [0.1, 0.15) is 0 Å². The predicted molar refractivity (Wildman–Crippen MR) is 93.7 cm³/mol. The molecule has 0 amide bonds. The maximum absolute atomic E-state index is 14.4. The molecule has 1 saturated carbocycles. The molecule has 0 spiro atoms. The van der Waals surface area contributed by atoms with E-state index in [-0.39, 0.29) is 11.9 Å². The highest BCUT2D eigenvalue weighted by atomic mass is 19.1. The van der Waals surface area contributed by atoms with E-state index in [0.717, 1.165) is 54.3 Å². The van der Waals surface area contributed by atoms with Crippen molar-refractivity contribution in [1.82, 2.24) is 9.78 Å². The van der Waals surface area contributed by atoms with E-state index < -0.39 is 0 Å². The van der Waals surface area contributed by atoms with Gasteiger partial charge in [0.05, 0.1) is 17.8 Å². The van der Waals surface area contributed by atoms with Crippen LogP contribution in [0.25, 0.3) is 22.0 Å². The molecule has 0 radical (unpaired) electrons. The SMILES string of the molecule is CCn1ncc2cc(-c3cccc(F)c3OC3CCCC3)ccc21. The van der Waals surface area contributed by atoms with Crippen LogP contribution < -0.4 is 4.74 Å². The van der Waals surface area contributed by atoms with Crippen molar-refractivity contribution in [1.29, 1.82) is 0 Å². The quantitative estimate of drug-likeness (QED) is 0.661. The van der Waals surface area contributed by atoms with Crippen LogP contribution in [0.15, 0.2) is 42.6 Å². The number of aryl methyl sites for hydroxylation is 1. The minimum absolute atomic E-state index is 0.132. The van der Waals surface area contributed by atoms with Gasteiger partial charge in [-0.05, 0) is 56.4 Å². The van der Waals surface area contributed by atoms with Gasteiger partial charge in [0.25, 0.3) is 0 Å². The molecule has 3 nitrogen and oxygen atoms in total. The van der Waals surface area contributed by atoms with Crippen LogP contribution in [0.1, 0.15) is 32.6 Å².